The average molecular weight is 309 g/mol. The minimum Gasteiger partial charge on any atom is -0.348 e. The molecule has 18 heavy (non-hydrogen) atoms. The summed E-state index contributed by atoms with van der Waals surface area (Å²) in [5.74, 6) is -0.00923. The van der Waals surface area contributed by atoms with E-state index in [0.717, 1.165) is 29.5 Å². The fourth-order valence-electron chi connectivity index (χ4n) is 1.91. The Morgan fingerprint density at radius 2 is 2.33 bits per heavy atom. The maximum atomic E-state index is 12.0. The Hall–Kier alpha value is -1.13. The first-order valence-corrected chi connectivity index (χ1v) is 6.89. The third-order valence-electron chi connectivity index (χ3n) is 3.05. The first-order chi connectivity index (χ1) is 8.66. The third-order valence-corrected chi connectivity index (χ3v) is 3.94. The van der Waals surface area contributed by atoms with E-state index >= 15 is 0 Å². The zero-order valence-corrected chi connectivity index (χ0v) is 12.0. The second-order valence-electron chi connectivity index (χ2n) is 4.46. The van der Waals surface area contributed by atoms with Gasteiger partial charge in [-0.05, 0) is 43.7 Å². The van der Waals surface area contributed by atoms with Gasteiger partial charge in [0.2, 0.25) is 0 Å². The fourth-order valence-corrected chi connectivity index (χ4v) is 2.16. The van der Waals surface area contributed by atoms with Crippen molar-refractivity contribution in [3.63, 3.8) is 0 Å². The van der Waals surface area contributed by atoms with Crippen LogP contribution in [-0.2, 0) is 0 Å². The second kappa shape index (κ2) is 6.16. The van der Waals surface area contributed by atoms with Gasteiger partial charge in [0.05, 0.1) is 0 Å². The maximum Gasteiger partial charge on any atom is 0.251 e. The molecule has 1 aliphatic heterocycles. The third kappa shape index (κ3) is 3.43. The molecule has 2 N–H and O–H groups in total. The molecule has 2 rings (SSSR count). The fraction of sp³-hybridized carbons (Fsp3) is 0.357. The van der Waals surface area contributed by atoms with Crippen molar-refractivity contribution < 1.29 is 4.79 Å². The molecule has 0 radical (unpaired) electrons. The van der Waals surface area contributed by atoms with Crippen LogP contribution in [0.2, 0.25) is 0 Å². The molecule has 1 aliphatic rings. The minimum absolute atomic E-state index is 0.00923. The number of rotatable bonds is 3. The van der Waals surface area contributed by atoms with Gasteiger partial charge >= 0.3 is 0 Å². The second-order valence-corrected chi connectivity index (χ2v) is 5.32. The van der Waals surface area contributed by atoms with Crippen LogP contribution in [0.25, 0.3) is 0 Å². The molecule has 4 heteroatoms. The molecule has 0 atom stereocenters. The number of hydrogen-bond acceptors (Lipinski definition) is 2. The van der Waals surface area contributed by atoms with Crippen molar-refractivity contribution in [2.24, 2.45) is 0 Å². The number of halogens is 1. The van der Waals surface area contributed by atoms with Gasteiger partial charge in [-0.3, -0.25) is 4.79 Å². The number of carbonyl (C=O) groups is 1. The van der Waals surface area contributed by atoms with Crippen molar-refractivity contribution in [3.8, 4) is 0 Å². The molecular weight excluding hydrogens is 292 g/mol. The van der Waals surface area contributed by atoms with Gasteiger partial charge in [-0.15, -0.1) is 0 Å². The molecule has 0 saturated carbocycles. The largest absolute Gasteiger partial charge is 0.348 e. The van der Waals surface area contributed by atoms with Crippen LogP contribution in [0.5, 0.6) is 0 Å². The zero-order chi connectivity index (χ0) is 13.0. The van der Waals surface area contributed by atoms with Gasteiger partial charge in [-0.2, -0.15) is 0 Å². The number of nitrogens with one attached hydrogen (secondary N) is 2. The van der Waals surface area contributed by atoms with E-state index in [1.54, 1.807) is 0 Å². The van der Waals surface area contributed by atoms with Gasteiger partial charge in [0.15, 0.2) is 0 Å². The topological polar surface area (TPSA) is 41.1 Å². The molecule has 1 aromatic rings. The van der Waals surface area contributed by atoms with Gasteiger partial charge in [0, 0.05) is 23.1 Å². The molecule has 1 heterocycles. The molecule has 1 amide bonds. The Morgan fingerprint density at radius 1 is 1.50 bits per heavy atom. The summed E-state index contributed by atoms with van der Waals surface area (Å²) in [5, 5.41) is 6.22. The van der Waals surface area contributed by atoms with Gasteiger partial charge in [-0.1, -0.05) is 27.6 Å². The Balaban J connectivity index is 1.95. The van der Waals surface area contributed by atoms with Gasteiger partial charge in [-0.25, -0.2) is 0 Å². The number of aryl methyl sites for hydroxylation is 1. The van der Waals surface area contributed by atoms with Gasteiger partial charge in [0.25, 0.3) is 5.91 Å². The summed E-state index contributed by atoms with van der Waals surface area (Å²) < 4.78 is 1.03. The van der Waals surface area contributed by atoms with E-state index in [1.165, 1.54) is 5.57 Å². The van der Waals surface area contributed by atoms with E-state index in [4.69, 9.17) is 0 Å². The standard InChI is InChI=1S/C14H17BrN2O/c1-10-8-12(2-3-13(10)15)14(18)17-9-11-4-6-16-7-5-11/h2-4,8,16H,5-7,9H2,1H3,(H,17,18). The molecule has 0 fully saturated rings. The smallest absolute Gasteiger partial charge is 0.251 e. The molecular formula is C14H17BrN2O. The van der Waals surface area contributed by atoms with Crippen LogP contribution >= 0.6 is 15.9 Å². The van der Waals surface area contributed by atoms with Gasteiger partial charge in [0.1, 0.15) is 0 Å². The van der Waals surface area contributed by atoms with E-state index < -0.39 is 0 Å². The van der Waals surface area contributed by atoms with E-state index in [9.17, 15) is 4.79 Å². The summed E-state index contributed by atoms with van der Waals surface area (Å²) in [4.78, 5) is 12.0. The predicted molar refractivity (Wildman–Crippen MR) is 76.8 cm³/mol. The van der Waals surface area contributed by atoms with Gasteiger partial charge < -0.3 is 10.6 Å². The lowest BCUT2D eigenvalue weighted by atomic mass is 10.1. The highest BCUT2D eigenvalue weighted by Crippen LogP contribution is 2.17. The summed E-state index contributed by atoms with van der Waals surface area (Å²) in [7, 11) is 0. The summed E-state index contributed by atoms with van der Waals surface area (Å²) in [6.45, 7) is 4.54. The van der Waals surface area contributed by atoms with Crippen LogP contribution in [0.15, 0.2) is 34.3 Å². The zero-order valence-electron chi connectivity index (χ0n) is 10.4. The molecule has 3 nitrogen and oxygen atoms in total. The van der Waals surface area contributed by atoms with Crippen molar-refractivity contribution >= 4 is 21.8 Å². The van der Waals surface area contributed by atoms with Crippen LogP contribution in [0, 0.1) is 6.92 Å². The molecule has 0 saturated heterocycles. The lowest BCUT2D eigenvalue weighted by Crippen LogP contribution is -2.29. The van der Waals surface area contributed by atoms with Crippen LogP contribution in [0.3, 0.4) is 0 Å². The van der Waals surface area contributed by atoms with Crippen LogP contribution in [0.4, 0.5) is 0 Å². The highest BCUT2D eigenvalue weighted by molar-refractivity contribution is 9.10. The van der Waals surface area contributed by atoms with Crippen molar-refractivity contribution in [1.82, 2.24) is 10.6 Å². The molecule has 0 unspecified atom stereocenters. The number of amides is 1. The number of carbonyl (C=O) groups excluding carboxylic acids is 1. The highest BCUT2D eigenvalue weighted by Gasteiger charge is 2.08. The Morgan fingerprint density at radius 3 is 3.00 bits per heavy atom. The summed E-state index contributed by atoms with van der Waals surface area (Å²) in [5.41, 5.74) is 3.09. The Labute approximate surface area is 116 Å². The molecule has 1 aromatic carbocycles. The monoisotopic (exact) mass is 308 g/mol. The van der Waals surface area contributed by atoms with Crippen molar-refractivity contribution in [2.75, 3.05) is 19.6 Å². The summed E-state index contributed by atoms with van der Waals surface area (Å²) in [6.07, 6.45) is 3.16. The summed E-state index contributed by atoms with van der Waals surface area (Å²) in [6, 6.07) is 5.65. The number of hydrogen-bond donors (Lipinski definition) is 2. The Bertz CT molecular complexity index is 483. The average Bonchev–Trinajstić information content (AvgIpc) is 2.40. The predicted octanol–water partition coefficient (Wildman–Crippen LogP) is 2.41. The van der Waals surface area contributed by atoms with E-state index in [-0.39, 0.29) is 5.91 Å². The highest BCUT2D eigenvalue weighted by atomic mass is 79.9. The molecule has 0 bridgehead atoms. The normalized spacial score (nSPS) is 15.1. The van der Waals surface area contributed by atoms with Crippen LogP contribution < -0.4 is 10.6 Å². The van der Waals surface area contributed by atoms with Crippen molar-refractivity contribution in [3.05, 3.63) is 45.4 Å². The molecule has 0 aliphatic carbocycles. The molecule has 0 aromatic heterocycles. The number of benzene rings is 1. The molecule has 0 spiro atoms. The van der Waals surface area contributed by atoms with E-state index in [2.05, 4.69) is 32.6 Å². The minimum atomic E-state index is -0.00923. The SMILES string of the molecule is Cc1cc(C(=O)NCC2=CCNCC2)ccc1Br. The van der Waals surface area contributed by atoms with Crippen molar-refractivity contribution in [2.45, 2.75) is 13.3 Å². The molecule has 96 valence electrons. The first kappa shape index (κ1) is 13.3. The Kier molecular flexibility index (Phi) is 4.55. The van der Waals surface area contributed by atoms with E-state index in [0.29, 0.717) is 12.1 Å². The quantitative estimate of drug-likeness (QED) is 0.842. The first-order valence-electron chi connectivity index (χ1n) is 6.10. The lowest BCUT2D eigenvalue weighted by Gasteiger charge is -2.14. The van der Waals surface area contributed by atoms with Crippen molar-refractivity contribution in [1.29, 1.82) is 0 Å². The maximum absolute atomic E-state index is 12.0. The van der Waals surface area contributed by atoms with E-state index in [1.807, 2.05) is 25.1 Å². The van der Waals surface area contributed by atoms with Crippen LogP contribution in [-0.4, -0.2) is 25.5 Å². The van der Waals surface area contributed by atoms with Crippen LogP contribution in [0.1, 0.15) is 22.3 Å². The lowest BCUT2D eigenvalue weighted by molar-refractivity contribution is 0.0956. The summed E-state index contributed by atoms with van der Waals surface area (Å²) >= 11 is 3.43.